The van der Waals surface area contributed by atoms with Crippen molar-refractivity contribution in [3.8, 4) is 11.1 Å². The van der Waals surface area contributed by atoms with E-state index in [-0.39, 0.29) is 35.7 Å². The predicted octanol–water partition coefficient (Wildman–Crippen LogP) is 9.41. The fourth-order valence-electron chi connectivity index (χ4n) is 7.39. The van der Waals surface area contributed by atoms with E-state index in [4.69, 9.17) is 9.47 Å². The molecular formula is C47H60N6O7. The molecule has 1 aliphatic carbocycles. The van der Waals surface area contributed by atoms with Gasteiger partial charge in [-0.25, -0.2) is 14.6 Å². The summed E-state index contributed by atoms with van der Waals surface area (Å²) < 4.78 is 10.6. The monoisotopic (exact) mass is 820 g/mol. The molecule has 0 saturated heterocycles. The minimum Gasteiger partial charge on any atom is -0.444 e. The third kappa shape index (κ3) is 14.2. The van der Waals surface area contributed by atoms with Gasteiger partial charge in [-0.15, -0.1) is 5.11 Å². The zero-order valence-electron chi connectivity index (χ0n) is 36.1. The van der Waals surface area contributed by atoms with Crippen molar-refractivity contribution in [3.63, 3.8) is 0 Å². The number of azo groups is 1. The molecule has 0 unspecified atom stereocenters. The molecule has 60 heavy (non-hydrogen) atoms. The SMILES string of the molecule is Cc1cc(C(=O)CCCNC(=O)OC(C)(C)C)ccc1-c1ccc(C[C@H](CC(=O)C2CCC(CNC(=O)OC(C)(C)C)CC2)C(=O)Nc2ccc(C3=NCN=N3)cc2)cc1. The number of carbonyl (C=O) groups is 5. The summed E-state index contributed by atoms with van der Waals surface area (Å²) in [5.41, 5.74) is 4.71. The number of ketones is 2. The summed E-state index contributed by atoms with van der Waals surface area (Å²) in [6, 6.07) is 20.9. The van der Waals surface area contributed by atoms with E-state index in [2.05, 4.69) is 31.2 Å². The van der Waals surface area contributed by atoms with Crippen LogP contribution < -0.4 is 16.0 Å². The van der Waals surface area contributed by atoms with E-state index in [0.29, 0.717) is 68.9 Å². The molecule has 0 bridgehead atoms. The summed E-state index contributed by atoms with van der Waals surface area (Å²) in [6.45, 7) is 14.0. The van der Waals surface area contributed by atoms with Gasteiger partial charge in [0.2, 0.25) is 5.91 Å². The van der Waals surface area contributed by atoms with Gasteiger partial charge in [-0.2, -0.15) is 5.11 Å². The lowest BCUT2D eigenvalue weighted by Gasteiger charge is -2.29. The molecule has 13 heteroatoms. The van der Waals surface area contributed by atoms with Crippen molar-refractivity contribution in [1.29, 1.82) is 0 Å². The Balaban J connectivity index is 1.20. The first-order valence-electron chi connectivity index (χ1n) is 21.0. The Labute approximate surface area is 353 Å². The van der Waals surface area contributed by atoms with Crippen LogP contribution in [0.3, 0.4) is 0 Å². The second-order valence-electron chi connectivity index (χ2n) is 17.8. The summed E-state index contributed by atoms with van der Waals surface area (Å²) in [6.07, 6.45) is 3.38. The molecule has 3 aromatic rings. The lowest BCUT2D eigenvalue weighted by atomic mass is 9.77. The molecule has 13 nitrogen and oxygen atoms in total. The normalized spacial score (nSPS) is 16.9. The lowest BCUT2D eigenvalue weighted by molar-refractivity contribution is -0.129. The first kappa shape index (κ1) is 45.4. The van der Waals surface area contributed by atoms with E-state index in [9.17, 15) is 24.0 Å². The van der Waals surface area contributed by atoms with Crippen molar-refractivity contribution in [2.24, 2.45) is 33.0 Å². The summed E-state index contributed by atoms with van der Waals surface area (Å²) in [5.74, 6) is -0.0874. The number of benzene rings is 3. The number of Topliss-reactive ketones (excluding diaryl/α,β-unsaturated/α-hetero) is 2. The molecule has 320 valence electrons. The molecule has 3 amide bonds. The molecule has 1 heterocycles. The largest absolute Gasteiger partial charge is 0.444 e. The van der Waals surface area contributed by atoms with E-state index in [1.807, 2.05) is 82.3 Å². The number of nitrogens with zero attached hydrogens (tertiary/aromatic N) is 3. The average molecular weight is 821 g/mol. The minimum absolute atomic E-state index is 0.00118. The third-order valence-corrected chi connectivity index (χ3v) is 10.5. The van der Waals surface area contributed by atoms with Crippen LogP contribution in [-0.2, 0) is 25.5 Å². The van der Waals surface area contributed by atoms with E-state index in [1.54, 1.807) is 32.9 Å². The topological polar surface area (TPSA) is 177 Å². The number of amidine groups is 1. The van der Waals surface area contributed by atoms with Gasteiger partial charge < -0.3 is 25.4 Å². The second-order valence-corrected chi connectivity index (χ2v) is 17.8. The van der Waals surface area contributed by atoms with Crippen molar-refractivity contribution in [1.82, 2.24) is 10.6 Å². The Morgan fingerprint density at radius 1 is 0.783 bits per heavy atom. The van der Waals surface area contributed by atoms with Crippen LogP contribution in [0.25, 0.3) is 11.1 Å². The van der Waals surface area contributed by atoms with Gasteiger partial charge in [-0.1, -0.05) is 36.4 Å². The summed E-state index contributed by atoms with van der Waals surface area (Å²) >= 11 is 0. The van der Waals surface area contributed by atoms with E-state index in [0.717, 1.165) is 40.7 Å². The molecule has 2 aliphatic rings. The average Bonchev–Trinajstić information content (AvgIpc) is 3.73. The molecule has 1 fully saturated rings. The summed E-state index contributed by atoms with van der Waals surface area (Å²) in [4.78, 5) is 69.0. The first-order valence-corrected chi connectivity index (χ1v) is 21.0. The lowest BCUT2D eigenvalue weighted by Crippen LogP contribution is -2.37. The Kier molecular flexibility index (Phi) is 15.5. The second kappa shape index (κ2) is 20.5. The van der Waals surface area contributed by atoms with Gasteiger partial charge in [0, 0.05) is 54.6 Å². The number of aryl methyl sites for hydroxylation is 1. The van der Waals surface area contributed by atoms with Gasteiger partial charge in [-0.3, -0.25) is 14.4 Å². The van der Waals surface area contributed by atoms with Crippen molar-refractivity contribution >= 4 is 41.2 Å². The Morgan fingerprint density at radius 2 is 1.42 bits per heavy atom. The highest BCUT2D eigenvalue weighted by molar-refractivity contribution is 6.01. The fourth-order valence-corrected chi connectivity index (χ4v) is 7.39. The van der Waals surface area contributed by atoms with Gasteiger partial charge in [0.05, 0.1) is 0 Å². The molecule has 1 saturated carbocycles. The maximum Gasteiger partial charge on any atom is 0.407 e. The highest BCUT2D eigenvalue weighted by atomic mass is 16.6. The van der Waals surface area contributed by atoms with E-state index >= 15 is 0 Å². The number of alkyl carbamates (subject to hydrolysis) is 2. The quantitative estimate of drug-likeness (QED) is 0.0952. The van der Waals surface area contributed by atoms with Crippen molar-refractivity contribution in [2.45, 2.75) is 111 Å². The van der Waals surface area contributed by atoms with Crippen LogP contribution in [0.15, 0.2) is 82.0 Å². The summed E-state index contributed by atoms with van der Waals surface area (Å²) in [5, 5.41) is 16.6. The number of aliphatic imine (C=N–C) groups is 1. The number of rotatable bonds is 16. The third-order valence-electron chi connectivity index (χ3n) is 10.5. The predicted molar refractivity (Wildman–Crippen MR) is 232 cm³/mol. The minimum atomic E-state index is -0.603. The van der Waals surface area contributed by atoms with Crippen molar-refractivity contribution < 1.29 is 33.4 Å². The van der Waals surface area contributed by atoms with Crippen molar-refractivity contribution in [2.75, 3.05) is 25.1 Å². The van der Waals surface area contributed by atoms with Crippen LogP contribution in [0, 0.1) is 24.7 Å². The Morgan fingerprint density at radius 3 is 2.02 bits per heavy atom. The first-order chi connectivity index (χ1) is 28.4. The van der Waals surface area contributed by atoms with Gasteiger partial charge in [0.15, 0.2) is 18.3 Å². The number of ether oxygens (including phenoxy) is 2. The summed E-state index contributed by atoms with van der Waals surface area (Å²) in [7, 11) is 0. The van der Waals surface area contributed by atoms with Crippen LogP contribution >= 0.6 is 0 Å². The molecule has 0 aromatic heterocycles. The van der Waals surface area contributed by atoms with Gasteiger partial charge in [0.25, 0.3) is 0 Å². The van der Waals surface area contributed by atoms with E-state index < -0.39 is 29.3 Å². The van der Waals surface area contributed by atoms with E-state index in [1.165, 1.54) is 0 Å². The number of amides is 3. The van der Waals surface area contributed by atoms with Crippen LogP contribution in [0.4, 0.5) is 15.3 Å². The molecule has 1 aliphatic heterocycles. The maximum absolute atomic E-state index is 13.9. The zero-order chi connectivity index (χ0) is 43.5. The maximum atomic E-state index is 13.9. The highest BCUT2D eigenvalue weighted by Gasteiger charge is 2.31. The van der Waals surface area contributed by atoms with Gasteiger partial charge in [0.1, 0.15) is 17.0 Å². The molecular weight excluding hydrogens is 761 g/mol. The standard InChI is InChI=1S/C47H60N6O7/c1-30-25-36(40(54)9-8-24-48-44(57)59-46(2,3)4)20-23-39(30)33-14-10-31(11-15-33)26-37(43(56)52-38-21-18-35(19-22-38)42-50-29-51-53-42)27-41(55)34-16-12-32(13-17-34)28-49-45(58)60-47(5,6)7/h10-11,14-15,18-23,25,32,34,37H,8-9,12-13,16-17,24,26-29H2,1-7H3,(H,48,57)(H,49,58)(H,52,56)/t32?,34?,37-/m1/s1. The number of hydrogen-bond donors (Lipinski definition) is 3. The van der Waals surface area contributed by atoms with Crippen LogP contribution in [0.1, 0.15) is 114 Å². The van der Waals surface area contributed by atoms with Crippen LogP contribution in [0.5, 0.6) is 0 Å². The highest BCUT2D eigenvalue weighted by Crippen LogP contribution is 2.32. The van der Waals surface area contributed by atoms with Gasteiger partial charge >= 0.3 is 12.2 Å². The van der Waals surface area contributed by atoms with Crippen LogP contribution in [0.2, 0.25) is 0 Å². The zero-order valence-corrected chi connectivity index (χ0v) is 36.1. The molecule has 5 rings (SSSR count). The molecule has 0 radical (unpaired) electrons. The number of hydrogen-bond acceptors (Lipinski definition) is 10. The Hall–Kier alpha value is -5.72. The Bertz CT molecular complexity index is 2050. The number of carbonyl (C=O) groups excluding carboxylic acids is 5. The number of nitrogens with one attached hydrogen (secondary N) is 3. The molecule has 3 aromatic carbocycles. The smallest absolute Gasteiger partial charge is 0.407 e. The molecule has 1 atom stereocenters. The van der Waals surface area contributed by atoms with Crippen LogP contribution in [-0.4, -0.2) is 66.5 Å². The fraction of sp³-hybridized carbons (Fsp3) is 0.489. The van der Waals surface area contributed by atoms with Gasteiger partial charge in [-0.05, 0) is 145 Å². The van der Waals surface area contributed by atoms with Crippen molar-refractivity contribution in [3.05, 3.63) is 89.0 Å². The molecule has 0 spiro atoms. The molecule has 3 N–H and O–H groups in total. The number of anilines is 1.